The largest absolute Gasteiger partial charge is 0.481 e. The minimum absolute atomic E-state index is 0.296. The molecule has 0 aromatic heterocycles. The van der Waals surface area contributed by atoms with Gasteiger partial charge in [0.25, 0.3) is 0 Å². The monoisotopic (exact) mass is 448 g/mol. The number of hydrogen-bond donors (Lipinski definition) is 6. The number of nitrogens with two attached hydrogens (primary N) is 1. The molecule has 0 aliphatic heterocycles. The molecule has 0 saturated carbocycles. The Kier molecular flexibility index (Phi) is 12.7. The van der Waals surface area contributed by atoms with Gasteiger partial charge in [-0.3, -0.25) is 19.2 Å². The summed E-state index contributed by atoms with van der Waals surface area (Å²) < 4.78 is 0. The molecule has 0 rings (SSSR count). The van der Waals surface area contributed by atoms with E-state index in [9.17, 15) is 29.1 Å². The van der Waals surface area contributed by atoms with Gasteiger partial charge in [-0.15, -0.1) is 0 Å². The number of carboxylic acid groups (broad SMARTS) is 2. The van der Waals surface area contributed by atoms with Crippen LogP contribution >= 0.6 is 11.8 Å². The van der Waals surface area contributed by atoms with Crippen molar-refractivity contribution in [2.24, 2.45) is 11.7 Å². The third-order valence-corrected chi connectivity index (χ3v) is 4.87. The van der Waals surface area contributed by atoms with Crippen molar-refractivity contribution in [2.75, 3.05) is 12.0 Å². The van der Waals surface area contributed by atoms with Gasteiger partial charge in [-0.1, -0.05) is 13.8 Å². The van der Waals surface area contributed by atoms with Gasteiger partial charge in [-0.25, -0.2) is 4.79 Å². The van der Waals surface area contributed by atoms with Crippen molar-refractivity contribution in [3.8, 4) is 0 Å². The number of hydrogen-bond acceptors (Lipinski definition) is 7. The first-order chi connectivity index (χ1) is 13.9. The van der Waals surface area contributed by atoms with E-state index in [4.69, 9.17) is 10.8 Å². The Morgan fingerprint density at radius 3 is 1.97 bits per heavy atom. The minimum Gasteiger partial charge on any atom is -0.481 e. The first-order valence-electron chi connectivity index (χ1n) is 9.50. The van der Waals surface area contributed by atoms with E-state index in [-0.39, 0.29) is 6.42 Å². The van der Waals surface area contributed by atoms with Gasteiger partial charge in [0.1, 0.15) is 18.1 Å². The van der Waals surface area contributed by atoms with Crippen LogP contribution in [0.25, 0.3) is 0 Å². The zero-order chi connectivity index (χ0) is 23.4. The SMILES string of the molecule is CSCCC(N)C(=O)NC(C)C(=O)NC(C(=O)NC(CCC(=O)O)C(=O)O)C(C)C. The van der Waals surface area contributed by atoms with Crippen LogP contribution in [0.5, 0.6) is 0 Å². The van der Waals surface area contributed by atoms with Crippen LogP contribution in [-0.2, 0) is 24.0 Å². The first kappa shape index (κ1) is 27.7. The minimum atomic E-state index is -1.40. The van der Waals surface area contributed by atoms with E-state index in [1.807, 2.05) is 6.26 Å². The molecule has 0 spiro atoms. The molecule has 4 atom stereocenters. The van der Waals surface area contributed by atoms with Crippen LogP contribution in [0.15, 0.2) is 0 Å². The van der Waals surface area contributed by atoms with E-state index >= 15 is 0 Å². The van der Waals surface area contributed by atoms with Crippen molar-refractivity contribution in [2.45, 2.75) is 64.2 Å². The molecule has 0 bridgehead atoms. The highest BCUT2D eigenvalue weighted by Gasteiger charge is 2.30. The Labute approximate surface area is 179 Å². The molecule has 30 heavy (non-hydrogen) atoms. The molecule has 4 unspecified atom stereocenters. The zero-order valence-corrected chi connectivity index (χ0v) is 18.5. The highest BCUT2D eigenvalue weighted by molar-refractivity contribution is 7.98. The van der Waals surface area contributed by atoms with Gasteiger partial charge < -0.3 is 31.9 Å². The first-order valence-corrected chi connectivity index (χ1v) is 10.9. The van der Waals surface area contributed by atoms with E-state index in [1.54, 1.807) is 25.6 Å². The van der Waals surface area contributed by atoms with Crippen LogP contribution in [-0.4, -0.2) is 76.0 Å². The van der Waals surface area contributed by atoms with Crippen LogP contribution in [0.3, 0.4) is 0 Å². The zero-order valence-electron chi connectivity index (χ0n) is 17.6. The summed E-state index contributed by atoms with van der Waals surface area (Å²) in [6.07, 6.45) is 1.60. The predicted molar refractivity (Wildman–Crippen MR) is 112 cm³/mol. The number of thioether (sulfide) groups is 1. The van der Waals surface area contributed by atoms with Crippen molar-refractivity contribution < 1.29 is 34.2 Å². The summed E-state index contributed by atoms with van der Waals surface area (Å²) in [7, 11) is 0. The number of rotatable bonds is 14. The highest BCUT2D eigenvalue weighted by Crippen LogP contribution is 2.06. The standard InChI is InChI=1S/C18H32N4O7S/c1-9(2)14(17(27)21-12(18(28)29)5-6-13(23)24)22-15(25)10(3)20-16(26)11(19)7-8-30-4/h9-12,14H,5-8,19H2,1-4H3,(H,20,26)(H,21,27)(H,22,25)(H,23,24)(H,28,29). The van der Waals surface area contributed by atoms with Gasteiger partial charge >= 0.3 is 11.9 Å². The summed E-state index contributed by atoms with van der Waals surface area (Å²) in [6, 6.07) is -4.20. The highest BCUT2D eigenvalue weighted by atomic mass is 32.2. The van der Waals surface area contributed by atoms with Crippen LogP contribution < -0.4 is 21.7 Å². The average molecular weight is 449 g/mol. The summed E-state index contributed by atoms with van der Waals surface area (Å²) in [6.45, 7) is 4.75. The normalized spacial score (nSPS) is 14.9. The molecule has 0 saturated heterocycles. The molecule has 12 heteroatoms. The third-order valence-electron chi connectivity index (χ3n) is 4.23. The Bertz CT molecular complexity index is 630. The quantitative estimate of drug-likeness (QED) is 0.197. The molecule has 0 radical (unpaired) electrons. The maximum absolute atomic E-state index is 12.5. The smallest absolute Gasteiger partial charge is 0.326 e. The van der Waals surface area contributed by atoms with Crippen LogP contribution in [0.2, 0.25) is 0 Å². The Morgan fingerprint density at radius 1 is 0.900 bits per heavy atom. The number of carboxylic acids is 2. The number of nitrogens with one attached hydrogen (secondary N) is 3. The summed E-state index contributed by atoms with van der Waals surface area (Å²) in [5.41, 5.74) is 5.76. The second-order valence-electron chi connectivity index (χ2n) is 7.18. The Balaban J connectivity index is 4.97. The van der Waals surface area contributed by atoms with Crippen LogP contribution in [0, 0.1) is 5.92 Å². The molecule has 7 N–H and O–H groups in total. The van der Waals surface area contributed by atoms with Crippen molar-refractivity contribution in [3.05, 3.63) is 0 Å². The molecule has 0 aliphatic rings. The fourth-order valence-corrected chi connectivity index (χ4v) is 2.85. The number of carbonyl (C=O) groups excluding carboxylic acids is 3. The number of carbonyl (C=O) groups is 5. The van der Waals surface area contributed by atoms with Gasteiger partial charge in [0.2, 0.25) is 17.7 Å². The fourth-order valence-electron chi connectivity index (χ4n) is 2.36. The predicted octanol–water partition coefficient (Wildman–Crippen LogP) is -0.853. The van der Waals surface area contributed by atoms with Gasteiger partial charge in [-0.05, 0) is 37.7 Å². The second kappa shape index (κ2) is 13.8. The van der Waals surface area contributed by atoms with E-state index in [0.29, 0.717) is 12.2 Å². The lowest BCUT2D eigenvalue weighted by atomic mass is 10.0. The van der Waals surface area contributed by atoms with Crippen molar-refractivity contribution in [1.82, 2.24) is 16.0 Å². The lowest BCUT2D eigenvalue weighted by Crippen LogP contribution is -2.57. The second-order valence-corrected chi connectivity index (χ2v) is 8.17. The summed E-state index contributed by atoms with van der Waals surface area (Å²) >= 11 is 1.54. The topological polar surface area (TPSA) is 188 Å². The van der Waals surface area contributed by atoms with Crippen molar-refractivity contribution in [1.29, 1.82) is 0 Å². The van der Waals surface area contributed by atoms with Gasteiger partial charge in [0.05, 0.1) is 6.04 Å². The number of amides is 3. The molecule has 3 amide bonds. The summed E-state index contributed by atoms with van der Waals surface area (Å²) in [4.78, 5) is 58.9. The third kappa shape index (κ3) is 10.4. The maximum atomic E-state index is 12.5. The van der Waals surface area contributed by atoms with E-state index in [0.717, 1.165) is 0 Å². The van der Waals surface area contributed by atoms with Crippen LogP contribution in [0.4, 0.5) is 0 Å². The molecule has 0 aromatic carbocycles. The molecule has 0 aliphatic carbocycles. The average Bonchev–Trinajstić information content (AvgIpc) is 2.65. The Hall–Kier alpha value is -2.34. The molecule has 0 fully saturated rings. The Morgan fingerprint density at radius 2 is 1.50 bits per heavy atom. The molecule has 0 aromatic rings. The summed E-state index contributed by atoms with van der Waals surface area (Å²) in [5, 5.41) is 25.1. The maximum Gasteiger partial charge on any atom is 0.326 e. The lowest BCUT2D eigenvalue weighted by Gasteiger charge is -2.26. The molecule has 172 valence electrons. The van der Waals surface area contributed by atoms with Gasteiger partial charge in [0, 0.05) is 6.42 Å². The fraction of sp³-hybridized carbons (Fsp3) is 0.722. The molecular formula is C18H32N4O7S. The molecule has 11 nitrogen and oxygen atoms in total. The molecule has 0 heterocycles. The van der Waals surface area contributed by atoms with Crippen LogP contribution in [0.1, 0.15) is 40.0 Å². The lowest BCUT2D eigenvalue weighted by molar-refractivity contribution is -0.143. The number of aliphatic carboxylic acids is 2. The molecular weight excluding hydrogens is 416 g/mol. The van der Waals surface area contributed by atoms with E-state index in [2.05, 4.69) is 16.0 Å². The van der Waals surface area contributed by atoms with Crippen molar-refractivity contribution in [3.63, 3.8) is 0 Å². The van der Waals surface area contributed by atoms with E-state index in [1.165, 1.54) is 6.92 Å². The van der Waals surface area contributed by atoms with Gasteiger partial charge in [-0.2, -0.15) is 11.8 Å². The van der Waals surface area contributed by atoms with Crippen molar-refractivity contribution >= 4 is 41.4 Å². The summed E-state index contributed by atoms with van der Waals surface area (Å²) in [5.74, 6) is -4.15. The van der Waals surface area contributed by atoms with Gasteiger partial charge in [0.15, 0.2) is 0 Å². The van der Waals surface area contributed by atoms with E-state index < -0.39 is 66.2 Å².